The van der Waals surface area contributed by atoms with Crippen molar-refractivity contribution in [2.24, 2.45) is 0 Å². The molecule has 2 N–H and O–H groups in total. The van der Waals surface area contributed by atoms with Gasteiger partial charge in [-0.1, -0.05) is 11.6 Å². The number of hydrogen-bond acceptors (Lipinski definition) is 3. The van der Waals surface area contributed by atoms with E-state index in [4.69, 9.17) is 21.4 Å². The molecule has 1 aliphatic rings. The monoisotopic (exact) mass is 228 g/mol. The van der Waals surface area contributed by atoms with Crippen molar-refractivity contribution in [1.29, 1.82) is 0 Å². The molecule has 0 bridgehead atoms. The van der Waals surface area contributed by atoms with Crippen molar-refractivity contribution < 1.29 is 19.7 Å². The lowest BCUT2D eigenvalue weighted by Gasteiger charge is -2.20. The van der Waals surface area contributed by atoms with E-state index in [1.54, 1.807) is 0 Å². The van der Waals surface area contributed by atoms with Crippen LogP contribution in [0.1, 0.15) is 22.3 Å². The van der Waals surface area contributed by atoms with Crippen LogP contribution in [0.15, 0.2) is 6.07 Å². The molecule has 1 aromatic rings. The molecule has 0 aromatic heterocycles. The summed E-state index contributed by atoms with van der Waals surface area (Å²) >= 11 is 5.70. The predicted molar refractivity (Wildman–Crippen MR) is 53.9 cm³/mol. The first kappa shape index (κ1) is 10.1. The molecule has 4 nitrogen and oxygen atoms in total. The van der Waals surface area contributed by atoms with Gasteiger partial charge in [0, 0.05) is 11.6 Å². The minimum Gasteiger partial charge on any atom is -0.505 e. The van der Waals surface area contributed by atoms with E-state index in [9.17, 15) is 9.90 Å². The smallest absolute Gasteiger partial charge is 0.339 e. The molecule has 0 aliphatic carbocycles. The summed E-state index contributed by atoms with van der Waals surface area (Å²) < 4.78 is 5.29. The van der Waals surface area contributed by atoms with Gasteiger partial charge in [-0.25, -0.2) is 4.79 Å². The largest absolute Gasteiger partial charge is 0.505 e. The van der Waals surface area contributed by atoms with Gasteiger partial charge in [-0.05, 0) is 12.8 Å². The minimum atomic E-state index is -1.18. The summed E-state index contributed by atoms with van der Waals surface area (Å²) in [4.78, 5) is 11.0. The van der Waals surface area contributed by atoms with E-state index >= 15 is 0 Å². The quantitative estimate of drug-likeness (QED) is 0.772. The van der Waals surface area contributed by atoms with Crippen LogP contribution in [0.2, 0.25) is 5.02 Å². The average Bonchev–Trinajstić information content (AvgIpc) is 2.19. The fourth-order valence-corrected chi connectivity index (χ4v) is 1.89. The summed E-state index contributed by atoms with van der Waals surface area (Å²) in [5.41, 5.74) is 0.382. The third-order valence-corrected chi connectivity index (χ3v) is 2.65. The minimum absolute atomic E-state index is 0.00745. The van der Waals surface area contributed by atoms with Gasteiger partial charge in [-0.15, -0.1) is 0 Å². The van der Waals surface area contributed by atoms with Crippen LogP contribution >= 0.6 is 11.6 Å². The zero-order chi connectivity index (χ0) is 11.0. The Kier molecular flexibility index (Phi) is 2.44. The van der Waals surface area contributed by atoms with Crippen molar-refractivity contribution in [1.82, 2.24) is 0 Å². The number of carboxylic acid groups (broad SMARTS) is 1. The number of aromatic carboxylic acids is 1. The summed E-state index contributed by atoms with van der Waals surface area (Å²) in [6.07, 6.45) is 1.33. The topological polar surface area (TPSA) is 66.8 Å². The first-order valence-electron chi connectivity index (χ1n) is 4.51. The highest BCUT2D eigenvalue weighted by atomic mass is 35.5. The molecule has 1 aliphatic heterocycles. The van der Waals surface area contributed by atoms with Crippen LogP contribution in [0, 0.1) is 0 Å². The van der Waals surface area contributed by atoms with Gasteiger partial charge in [0.2, 0.25) is 0 Å². The van der Waals surface area contributed by atoms with Gasteiger partial charge in [0.1, 0.15) is 17.1 Å². The average molecular weight is 229 g/mol. The fraction of sp³-hybridized carbons (Fsp3) is 0.300. The molecular formula is C10H9ClO4. The van der Waals surface area contributed by atoms with Crippen LogP contribution in [-0.4, -0.2) is 22.8 Å². The van der Waals surface area contributed by atoms with Crippen molar-refractivity contribution in [3.05, 3.63) is 22.2 Å². The van der Waals surface area contributed by atoms with Crippen LogP contribution in [0.3, 0.4) is 0 Å². The third-order valence-electron chi connectivity index (χ3n) is 2.36. The molecule has 0 spiro atoms. The summed E-state index contributed by atoms with van der Waals surface area (Å²) in [7, 11) is 0. The van der Waals surface area contributed by atoms with Gasteiger partial charge in [0.15, 0.2) is 0 Å². The normalized spacial score (nSPS) is 14.2. The summed E-state index contributed by atoms with van der Waals surface area (Å²) in [6.45, 7) is 0.549. The lowest BCUT2D eigenvalue weighted by Crippen LogP contribution is -2.13. The van der Waals surface area contributed by atoms with E-state index in [-0.39, 0.29) is 16.3 Å². The van der Waals surface area contributed by atoms with E-state index in [0.29, 0.717) is 24.3 Å². The first-order valence-corrected chi connectivity index (χ1v) is 4.89. The van der Waals surface area contributed by atoms with Crippen LogP contribution < -0.4 is 4.74 Å². The molecular weight excluding hydrogens is 220 g/mol. The van der Waals surface area contributed by atoms with E-state index in [0.717, 1.165) is 6.42 Å². The lowest BCUT2D eigenvalue weighted by atomic mass is 9.99. The Labute approximate surface area is 91.1 Å². The number of aromatic hydroxyl groups is 1. The van der Waals surface area contributed by atoms with E-state index in [2.05, 4.69) is 0 Å². The second-order valence-corrected chi connectivity index (χ2v) is 3.72. The van der Waals surface area contributed by atoms with Crippen molar-refractivity contribution in [3.63, 3.8) is 0 Å². The maximum absolute atomic E-state index is 11.0. The number of carbonyl (C=O) groups is 1. The van der Waals surface area contributed by atoms with Crippen molar-refractivity contribution in [2.45, 2.75) is 12.8 Å². The van der Waals surface area contributed by atoms with E-state index in [1.807, 2.05) is 0 Å². The molecule has 0 fully saturated rings. The molecule has 0 atom stereocenters. The molecule has 5 heteroatoms. The Morgan fingerprint density at radius 2 is 2.27 bits per heavy atom. The van der Waals surface area contributed by atoms with Gasteiger partial charge < -0.3 is 14.9 Å². The molecule has 0 unspecified atom stereocenters. The Morgan fingerprint density at radius 1 is 1.53 bits per heavy atom. The van der Waals surface area contributed by atoms with Gasteiger partial charge in [-0.2, -0.15) is 0 Å². The number of phenols is 1. The maximum atomic E-state index is 11.0. The maximum Gasteiger partial charge on any atom is 0.339 e. The Morgan fingerprint density at radius 3 is 2.93 bits per heavy atom. The number of hydrogen-bond donors (Lipinski definition) is 2. The highest BCUT2D eigenvalue weighted by molar-refractivity contribution is 6.32. The van der Waals surface area contributed by atoms with Crippen molar-refractivity contribution in [2.75, 3.05) is 6.61 Å². The number of benzene rings is 1. The number of fused-ring (bicyclic) bond motifs is 1. The molecule has 1 heterocycles. The Balaban J connectivity index is 2.68. The number of carboxylic acids is 1. The molecule has 0 radical (unpaired) electrons. The second-order valence-electron chi connectivity index (χ2n) is 3.32. The third kappa shape index (κ3) is 1.61. The Hall–Kier alpha value is -1.42. The molecule has 0 amide bonds. The summed E-state index contributed by atoms with van der Waals surface area (Å²) in [5.74, 6) is -1.10. The second kappa shape index (κ2) is 3.62. The van der Waals surface area contributed by atoms with Gasteiger partial charge in [0.05, 0.1) is 11.6 Å². The Bertz CT molecular complexity index is 428. The number of ether oxygens (including phenoxy) is 1. The van der Waals surface area contributed by atoms with E-state index in [1.165, 1.54) is 6.07 Å². The lowest BCUT2D eigenvalue weighted by molar-refractivity contribution is 0.0691. The van der Waals surface area contributed by atoms with Crippen molar-refractivity contribution >= 4 is 17.6 Å². The van der Waals surface area contributed by atoms with Crippen LogP contribution in [0.4, 0.5) is 0 Å². The zero-order valence-electron chi connectivity index (χ0n) is 7.79. The van der Waals surface area contributed by atoms with Crippen molar-refractivity contribution in [3.8, 4) is 11.5 Å². The molecule has 0 saturated carbocycles. The number of halogens is 1. The zero-order valence-corrected chi connectivity index (χ0v) is 8.54. The summed E-state index contributed by atoms with van der Waals surface area (Å²) in [5, 5.41) is 18.5. The van der Waals surface area contributed by atoms with Crippen LogP contribution in [-0.2, 0) is 6.42 Å². The van der Waals surface area contributed by atoms with Gasteiger partial charge in [0.25, 0.3) is 0 Å². The SMILES string of the molecule is O=C(O)c1c(O)c(Cl)cc2c1CCCO2. The highest BCUT2D eigenvalue weighted by Gasteiger charge is 2.24. The predicted octanol–water partition coefficient (Wildman–Crippen LogP) is 2.07. The van der Waals surface area contributed by atoms with Gasteiger partial charge >= 0.3 is 5.97 Å². The molecule has 15 heavy (non-hydrogen) atoms. The first-order chi connectivity index (χ1) is 7.11. The fourth-order valence-electron chi connectivity index (χ4n) is 1.69. The molecule has 2 rings (SSSR count). The summed E-state index contributed by atoms with van der Waals surface area (Å²) in [6, 6.07) is 1.46. The molecule has 0 saturated heterocycles. The molecule has 80 valence electrons. The van der Waals surface area contributed by atoms with Crippen LogP contribution in [0.5, 0.6) is 11.5 Å². The molecule has 1 aromatic carbocycles. The van der Waals surface area contributed by atoms with Gasteiger partial charge in [-0.3, -0.25) is 0 Å². The highest BCUT2D eigenvalue weighted by Crippen LogP contribution is 2.39. The number of rotatable bonds is 1. The van der Waals surface area contributed by atoms with E-state index < -0.39 is 5.97 Å². The van der Waals surface area contributed by atoms with Crippen LogP contribution in [0.25, 0.3) is 0 Å². The standard InChI is InChI=1S/C10H9ClO4/c11-6-4-7-5(2-1-3-15-7)8(9(6)12)10(13)14/h4,12H,1-3H2,(H,13,14).